The summed E-state index contributed by atoms with van der Waals surface area (Å²) in [7, 11) is 0. The minimum absolute atomic E-state index is 0.706. The summed E-state index contributed by atoms with van der Waals surface area (Å²) in [4.78, 5) is 0. The highest BCUT2D eigenvalue weighted by atomic mass is 127. The van der Waals surface area contributed by atoms with Gasteiger partial charge in [0.25, 0.3) is 0 Å². The highest BCUT2D eigenvalue weighted by Gasteiger charge is 2.16. The summed E-state index contributed by atoms with van der Waals surface area (Å²) in [5.41, 5.74) is 13.4. The van der Waals surface area contributed by atoms with Crippen molar-refractivity contribution in [3.05, 3.63) is 153 Å². The zero-order chi connectivity index (χ0) is 33.2. The second kappa shape index (κ2) is 15.7. The molecule has 0 aliphatic rings. The smallest absolute Gasteiger partial charge is 0.100 e. The summed E-state index contributed by atoms with van der Waals surface area (Å²) in [6, 6.07) is 42.9. The molecule has 228 valence electrons. The van der Waals surface area contributed by atoms with Crippen LogP contribution in [0.2, 0.25) is 0 Å². The standard InChI is InChI=1S/C39H20I6N2/c40-34-18-26(9-11-30(34)20-46)22-1-5-24(6-2-22)32-15-13-28(36(42)38(32)44)17-29-14-16-33(39(45)37(29)43)25-7-3-23(4-8-25)27-10-12-31(21-47)35(41)19-27/h1-16,18-19H,17H2. The minimum Gasteiger partial charge on any atom is -0.192 e. The van der Waals surface area contributed by atoms with Gasteiger partial charge in [-0.25, -0.2) is 0 Å². The Balaban J connectivity index is 1.21. The highest BCUT2D eigenvalue weighted by Crippen LogP contribution is 2.37. The average molecular weight is 1280 g/mol. The first-order valence-corrected chi connectivity index (χ1v) is 20.7. The Hall–Kier alpha value is -1.32. The molecule has 0 spiro atoms. The fourth-order valence-electron chi connectivity index (χ4n) is 5.36. The molecule has 0 unspecified atom stereocenters. The van der Waals surface area contributed by atoms with Crippen molar-refractivity contribution in [2.24, 2.45) is 0 Å². The molecule has 0 aliphatic carbocycles. The molecule has 0 heterocycles. The van der Waals surface area contributed by atoms with Gasteiger partial charge in [-0.15, -0.1) is 0 Å². The van der Waals surface area contributed by atoms with Crippen molar-refractivity contribution in [1.82, 2.24) is 0 Å². The van der Waals surface area contributed by atoms with Crippen molar-refractivity contribution < 1.29 is 0 Å². The summed E-state index contributed by atoms with van der Waals surface area (Å²) in [6.45, 7) is 0. The number of rotatable bonds is 6. The van der Waals surface area contributed by atoms with Crippen molar-refractivity contribution >= 4 is 136 Å². The van der Waals surface area contributed by atoms with Gasteiger partial charge in [-0.3, -0.25) is 0 Å². The summed E-state index contributed by atoms with van der Waals surface area (Å²) < 4.78 is 7.04. The first kappa shape index (κ1) is 35.5. The molecule has 2 nitrogen and oxygen atoms in total. The average Bonchev–Trinajstić information content (AvgIpc) is 3.09. The van der Waals surface area contributed by atoms with E-state index in [1.807, 2.05) is 24.3 Å². The molecule has 0 aliphatic heterocycles. The molecular weight excluding hydrogens is 1260 g/mol. The molecule has 6 aromatic carbocycles. The Labute approximate surface area is 356 Å². The van der Waals surface area contributed by atoms with Crippen molar-refractivity contribution in [2.45, 2.75) is 6.42 Å². The van der Waals surface area contributed by atoms with Crippen molar-refractivity contribution in [1.29, 1.82) is 10.5 Å². The first-order chi connectivity index (χ1) is 22.7. The summed E-state index contributed by atoms with van der Waals surface area (Å²) in [5, 5.41) is 18.5. The van der Waals surface area contributed by atoms with E-state index >= 15 is 0 Å². The number of benzene rings is 6. The number of nitrogens with zero attached hydrogens (tertiary/aromatic N) is 2. The maximum atomic E-state index is 9.26. The van der Waals surface area contributed by atoms with Gasteiger partial charge in [0.1, 0.15) is 12.1 Å². The van der Waals surface area contributed by atoms with Crippen LogP contribution in [0.25, 0.3) is 44.5 Å². The predicted octanol–water partition coefficient (Wildman–Crippen LogP) is 13.3. The van der Waals surface area contributed by atoms with Crippen LogP contribution in [0.1, 0.15) is 22.3 Å². The lowest BCUT2D eigenvalue weighted by molar-refractivity contribution is 1.15. The van der Waals surface area contributed by atoms with Crippen molar-refractivity contribution in [2.75, 3.05) is 0 Å². The maximum Gasteiger partial charge on any atom is 0.100 e. The van der Waals surface area contributed by atoms with Gasteiger partial charge in [-0.05, 0) is 222 Å². The zero-order valence-corrected chi connectivity index (χ0v) is 37.2. The van der Waals surface area contributed by atoms with E-state index in [1.54, 1.807) is 0 Å². The number of hydrogen-bond acceptors (Lipinski definition) is 2. The Morgan fingerprint density at radius 3 is 1.06 bits per heavy atom. The van der Waals surface area contributed by atoms with Gasteiger partial charge < -0.3 is 0 Å². The van der Waals surface area contributed by atoms with Crippen molar-refractivity contribution in [3.63, 3.8) is 0 Å². The zero-order valence-electron chi connectivity index (χ0n) is 24.3. The first-order valence-electron chi connectivity index (χ1n) is 14.2. The van der Waals surface area contributed by atoms with Gasteiger partial charge in [0.05, 0.1) is 11.1 Å². The predicted molar refractivity (Wildman–Crippen MR) is 243 cm³/mol. The van der Waals surface area contributed by atoms with E-state index in [0.29, 0.717) is 11.1 Å². The molecule has 0 bridgehead atoms. The molecular formula is C39H20I6N2. The van der Waals surface area contributed by atoms with Crippen LogP contribution in [-0.2, 0) is 6.42 Å². The molecule has 0 aromatic heterocycles. The molecule has 8 heteroatoms. The normalized spacial score (nSPS) is 10.8. The second-order valence-electron chi connectivity index (χ2n) is 10.7. The van der Waals surface area contributed by atoms with Gasteiger partial charge >= 0.3 is 0 Å². The summed E-state index contributed by atoms with van der Waals surface area (Å²) in [5.74, 6) is 0. The third-order valence-corrected chi connectivity index (χ3v) is 16.5. The molecule has 0 atom stereocenters. The molecule has 0 radical (unpaired) electrons. The largest absolute Gasteiger partial charge is 0.192 e. The van der Waals surface area contributed by atoms with Crippen LogP contribution in [0.3, 0.4) is 0 Å². The molecule has 0 amide bonds. The van der Waals surface area contributed by atoms with E-state index in [2.05, 4.69) is 233 Å². The Kier molecular flexibility index (Phi) is 11.9. The quantitative estimate of drug-likeness (QED) is 0.156. The topological polar surface area (TPSA) is 47.6 Å². The molecule has 0 saturated carbocycles. The van der Waals surface area contributed by atoms with Crippen LogP contribution in [0.15, 0.2) is 109 Å². The fraction of sp³-hybridized carbons (Fsp3) is 0.0256. The maximum absolute atomic E-state index is 9.26. The molecule has 0 saturated heterocycles. The molecule has 6 aromatic rings. The highest BCUT2D eigenvalue weighted by molar-refractivity contribution is 14.1. The van der Waals surface area contributed by atoms with E-state index in [-0.39, 0.29) is 0 Å². The van der Waals surface area contributed by atoms with Crippen LogP contribution in [0, 0.1) is 44.1 Å². The monoisotopic (exact) mass is 1280 g/mol. The molecule has 6 rings (SSSR count). The summed E-state index contributed by atoms with van der Waals surface area (Å²) >= 11 is 14.5. The molecule has 0 fully saturated rings. The second-order valence-corrected chi connectivity index (χ2v) is 17.4. The third kappa shape index (κ3) is 7.72. The van der Waals surface area contributed by atoms with Crippen LogP contribution >= 0.6 is 136 Å². The Morgan fingerprint density at radius 2 is 0.723 bits per heavy atom. The number of nitriles is 2. The number of halogens is 6. The van der Waals surface area contributed by atoms with Gasteiger partial charge in [0.15, 0.2) is 0 Å². The third-order valence-electron chi connectivity index (χ3n) is 7.94. The van der Waals surface area contributed by atoms with E-state index in [9.17, 15) is 10.5 Å². The van der Waals surface area contributed by atoms with Gasteiger partial charge in [-0.2, -0.15) is 10.5 Å². The Bertz CT molecular complexity index is 2090. The Morgan fingerprint density at radius 1 is 0.383 bits per heavy atom. The van der Waals surface area contributed by atoms with Gasteiger partial charge in [-0.1, -0.05) is 84.9 Å². The van der Waals surface area contributed by atoms with Gasteiger partial charge in [0.2, 0.25) is 0 Å². The van der Waals surface area contributed by atoms with Crippen LogP contribution in [0.5, 0.6) is 0 Å². The fourth-order valence-corrected chi connectivity index (χ4v) is 9.63. The van der Waals surface area contributed by atoms with E-state index in [1.165, 1.54) is 47.7 Å². The lowest BCUT2D eigenvalue weighted by Crippen LogP contribution is -2.00. The van der Waals surface area contributed by atoms with Crippen LogP contribution in [0.4, 0.5) is 0 Å². The minimum atomic E-state index is 0.706. The van der Waals surface area contributed by atoms with E-state index in [4.69, 9.17) is 0 Å². The van der Waals surface area contributed by atoms with Crippen LogP contribution < -0.4 is 0 Å². The summed E-state index contributed by atoms with van der Waals surface area (Å²) in [6.07, 6.45) is 0.871. The lowest BCUT2D eigenvalue weighted by atomic mass is 9.96. The van der Waals surface area contributed by atoms with Crippen LogP contribution in [-0.4, -0.2) is 0 Å². The molecule has 47 heavy (non-hydrogen) atoms. The van der Waals surface area contributed by atoms with E-state index in [0.717, 1.165) is 35.8 Å². The SMILES string of the molecule is N#Cc1ccc(-c2ccc(-c3ccc(Cc4ccc(-c5ccc(-c6ccc(C#N)c(I)c6)cc5)c(I)c4I)c(I)c3I)cc2)cc1I. The van der Waals surface area contributed by atoms with E-state index < -0.39 is 0 Å². The lowest BCUT2D eigenvalue weighted by Gasteiger charge is -2.15. The molecule has 0 N–H and O–H groups in total. The number of hydrogen-bond donors (Lipinski definition) is 0. The van der Waals surface area contributed by atoms with Crippen molar-refractivity contribution in [3.8, 4) is 56.6 Å². The van der Waals surface area contributed by atoms with Gasteiger partial charge in [0, 0.05) is 21.4 Å².